The molecular formula is C13H16O5. The maximum absolute atomic E-state index is 10.6. The van der Waals surface area contributed by atoms with E-state index in [1.165, 1.54) is 25.1 Å². The molecule has 2 unspecified atom stereocenters. The third-order valence-corrected chi connectivity index (χ3v) is 2.81. The summed E-state index contributed by atoms with van der Waals surface area (Å²) in [5.74, 6) is -2.22. The van der Waals surface area contributed by atoms with Crippen molar-refractivity contribution in [2.75, 3.05) is 0 Å². The number of benzene rings is 1. The second-order valence-corrected chi connectivity index (χ2v) is 4.13. The number of carboxylic acids is 2. The largest absolute Gasteiger partial charge is 0.478 e. The quantitative estimate of drug-likeness (QED) is 0.788. The van der Waals surface area contributed by atoms with E-state index in [1.54, 1.807) is 0 Å². The molecular weight excluding hydrogens is 236 g/mol. The molecule has 0 aliphatic carbocycles. The van der Waals surface area contributed by atoms with Gasteiger partial charge in [-0.2, -0.15) is 0 Å². The second-order valence-electron chi connectivity index (χ2n) is 4.13. The predicted octanol–water partition coefficient (Wildman–Crippen LogP) is 2.19. The number of ether oxygens (including phenoxy) is 1. The van der Waals surface area contributed by atoms with Crippen LogP contribution in [-0.2, 0) is 4.74 Å². The third kappa shape index (κ3) is 3.56. The number of hydrogen-bond acceptors (Lipinski definition) is 3. The lowest BCUT2D eigenvalue weighted by molar-refractivity contribution is 0.0696. The van der Waals surface area contributed by atoms with Crippen molar-refractivity contribution in [1.82, 2.24) is 0 Å². The average molecular weight is 252 g/mol. The molecule has 1 aromatic rings. The first-order valence-electron chi connectivity index (χ1n) is 5.56. The number of rotatable bonds is 2. The summed E-state index contributed by atoms with van der Waals surface area (Å²) in [6, 6.07) is 4.17. The van der Waals surface area contributed by atoms with Crippen LogP contribution < -0.4 is 0 Å². The molecule has 0 radical (unpaired) electrons. The van der Waals surface area contributed by atoms with Crippen molar-refractivity contribution in [2.24, 2.45) is 0 Å². The van der Waals surface area contributed by atoms with E-state index in [9.17, 15) is 9.59 Å². The molecule has 18 heavy (non-hydrogen) atoms. The van der Waals surface area contributed by atoms with Crippen molar-refractivity contribution in [3.63, 3.8) is 0 Å². The molecule has 2 rings (SSSR count). The van der Waals surface area contributed by atoms with Crippen molar-refractivity contribution < 1.29 is 24.5 Å². The van der Waals surface area contributed by atoms with E-state index in [2.05, 4.69) is 13.8 Å². The highest BCUT2D eigenvalue weighted by Gasteiger charge is 2.27. The number of epoxide rings is 1. The lowest BCUT2D eigenvalue weighted by atomic mass is 10.0. The Balaban J connectivity index is 0.000000269. The van der Waals surface area contributed by atoms with Gasteiger partial charge in [-0.15, -0.1) is 0 Å². The third-order valence-electron chi connectivity index (χ3n) is 2.81. The van der Waals surface area contributed by atoms with Crippen molar-refractivity contribution in [3.8, 4) is 0 Å². The molecule has 0 saturated carbocycles. The van der Waals surface area contributed by atoms with Crippen LogP contribution in [0, 0.1) is 6.92 Å². The Morgan fingerprint density at radius 3 is 1.61 bits per heavy atom. The van der Waals surface area contributed by atoms with E-state index in [0.29, 0.717) is 12.2 Å². The number of hydrogen-bond donors (Lipinski definition) is 2. The van der Waals surface area contributed by atoms with Gasteiger partial charge in [0, 0.05) is 0 Å². The second kappa shape index (κ2) is 5.64. The number of carbonyl (C=O) groups is 2. The molecule has 1 aliphatic rings. The van der Waals surface area contributed by atoms with Gasteiger partial charge in [0.25, 0.3) is 0 Å². The van der Waals surface area contributed by atoms with Crippen LogP contribution in [0.15, 0.2) is 18.2 Å². The van der Waals surface area contributed by atoms with E-state index in [1.807, 2.05) is 0 Å². The van der Waals surface area contributed by atoms with Gasteiger partial charge in [0.1, 0.15) is 0 Å². The van der Waals surface area contributed by atoms with Crippen LogP contribution in [-0.4, -0.2) is 34.4 Å². The van der Waals surface area contributed by atoms with Crippen LogP contribution in [0.2, 0.25) is 0 Å². The van der Waals surface area contributed by atoms with Gasteiger partial charge < -0.3 is 14.9 Å². The van der Waals surface area contributed by atoms with Crippen LogP contribution in [0.3, 0.4) is 0 Å². The van der Waals surface area contributed by atoms with Gasteiger partial charge in [-0.3, -0.25) is 0 Å². The summed E-state index contributed by atoms with van der Waals surface area (Å²) >= 11 is 0. The van der Waals surface area contributed by atoms with Crippen LogP contribution in [0.25, 0.3) is 0 Å². The summed E-state index contributed by atoms with van der Waals surface area (Å²) in [7, 11) is 0. The minimum absolute atomic E-state index is 0.0277. The summed E-state index contributed by atoms with van der Waals surface area (Å²) in [6.45, 7) is 5.63. The van der Waals surface area contributed by atoms with Crippen molar-refractivity contribution in [2.45, 2.75) is 33.0 Å². The molecule has 2 N–H and O–H groups in total. The van der Waals surface area contributed by atoms with E-state index in [4.69, 9.17) is 14.9 Å². The molecule has 0 spiro atoms. The monoisotopic (exact) mass is 252 g/mol. The number of carboxylic acid groups (broad SMARTS) is 2. The van der Waals surface area contributed by atoms with Gasteiger partial charge in [-0.1, -0.05) is 6.07 Å². The zero-order valence-electron chi connectivity index (χ0n) is 10.5. The summed E-state index contributed by atoms with van der Waals surface area (Å²) in [5.41, 5.74) is 0.335. The molecule has 1 heterocycles. The Bertz CT molecular complexity index is 428. The lowest BCUT2D eigenvalue weighted by Gasteiger charge is -2.03. The zero-order chi connectivity index (χ0) is 13.9. The Morgan fingerprint density at radius 2 is 1.39 bits per heavy atom. The summed E-state index contributed by atoms with van der Waals surface area (Å²) in [4.78, 5) is 21.2. The van der Waals surface area contributed by atoms with Crippen LogP contribution >= 0.6 is 0 Å². The van der Waals surface area contributed by atoms with E-state index < -0.39 is 11.9 Å². The molecule has 0 amide bonds. The Morgan fingerprint density at radius 1 is 1.06 bits per heavy atom. The molecule has 1 aliphatic heterocycles. The summed E-state index contributed by atoms with van der Waals surface area (Å²) in [5, 5.41) is 17.4. The molecule has 0 bridgehead atoms. The fourth-order valence-corrected chi connectivity index (χ4v) is 1.39. The maximum atomic E-state index is 10.6. The van der Waals surface area contributed by atoms with Crippen molar-refractivity contribution >= 4 is 11.9 Å². The van der Waals surface area contributed by atoms with Crippen LogP contribution in [0.1, 0.15) is 40.1 Å². The first-order valence-corrected chi connectivity index (χ1v) is 5.56. The Kier molecular flexibility index (Phi) is 4.44. The molecule has 98 valence electrons. The van der Waals surface area contributed by atoms with Gasteiger partial charge >= 0.3 is 11.9 Å². The van der Waals surface area contributed by atoms with E-state index in [0.717, 1.165) is 0 Å². The van der Waals surface area contributed by atoms with Gasteiger partial charge in [0.15, 0.2) is 0 Å². The molecule has 5 nitrogen and oxygen atoms in total. The Labute approximate surface area is 105 Å². The summed E-state index contributed by atoms with van der Waals surface area (Å²) in [6.07, 6.45) is 1.10. The topological polar surface area (TPSA) is 87.1 Å². The minimum Gasteiger partial charge on any atom is -0.478 e. The van der Waals surface area contributed by atoms with Crippen LogP contribution in [0.5, 0.6) is 0 Å². The normalized spacial score (nSPS) is 20.6. The molecule has 5 heteroatoms. The van der Waals surface area contributed by atoms with Gasteiger partial charge in [-0.05, 0) is 38.5 Å². The fourth-order valence-electron chi connectivity index (χ4n) is 1.39. The summed E-state index contributed by atoms with van der Waals surface area (Å²) < 4.78 is 4.92. The van der Waals surface area contributed by atoms with Gasteiger partial charge in [-0.25, -0.2) is 9.59 Å². The molecule has 0 aromatic heterocycles. The van der Waals surface area contributed by atoms with Crippen LogP contribution in [0.4, 0.5) is 0 Å². The van der Waals surface area contributed by atoms with Crippen molar-refractivity contribution in [3.05, 3.63) is 34.9 Å². The highest BCUT2D eigenvalue weighted by Crippen LogP contribution is 2.18. The molecule has 2 atom stereocenters. The standard InChI is InChI=1S/C9H8O4.C4H8O/c1-5-6(8(10)11)3-2-4-7(5)9(12)13;1-3-4(2)5-3/h2-4H,1H3,(H,10,11)(H,12,13);3-4H,1-2H3. The first-order chi connectivity index (χ1) is 8.34. The van der Waals surface area contributed by atoms with E-state index >= 15 is 0 Å². The smallest absolute Gasteiger partial charge is 0.335 e. The lowest BCUT2D eigenvalue weighted by Crippen LogP contribution is -2.06. The zero-order valence-corrected chi connectivity index (χ0v) is 10.5. The molecule has 1 saturated heterocycles. The average Bonchev–Trinajstić information content (AvgIpc) is 2.92. The number of aromatic carboxylic acids is 2. The maximum Gasteiger partial charge on any atom is 0.335 e. The highest BCUT2D eigenvalue weighted by atomic mass is 16.6. The van der Waals surface area contributed by atoms with Crippen molar-refractivity contribution in [1.29, 1.82) is 0 Å². The van der Waals surface area contributed by atoms with Gasteiger partial charge in [0.05, 0.1) is 23.3 Å². The SMILES string of the molecule is CC1OC1C.Cc1c(C(=O)O)cccc1C(=O)O. The molecule has 1 fully saturated rings. The fraction of sp³-hybridized carbons (Fsp3) is 0.385. The highest BCUT2D eigenvalue weighted by molar-refractivity contribution is 5.96. The first kappa shape index (κ1) is 14.2. The Hall–Kier alpha value is -1.88. The minimum atomic E-state index is -1.11. The molecule has 1 aromatic carbocycles. The van der Waals surface area contributed by atoms with Gasteiger partial charge in [0.2, 0.25) is 0 Å². The predicted molar refractivity (Wildman–Crippen MR) is 65.1 cm³/mol. The van der Waals surface area contributed by atoms with E-state index in [-0.39, 0.29) is 16.7 Å².